The van der Waals surface area contributed by atoms with Crippen molar-refractivity contribution in [2.45, 2.75) is 76.0 Å². The molecule has 2 aromatic rings. The number of likely N-dealkylation sites (tertiary alicyclic amines) is 2. The molecule has 16 heteroatoms. The quantitative estimate of drug-likeness (QED) is 0.172. The van der Waals surface area contributed by atoms with Crippen LogP contribution in [-0.4, -0.2) is 81.0 Å². The minimum absolute atomic E-state index is 0. The molecule has 2 fully saturated rings. The van der Waals surface area contributed by atoms with Crippen molar-refractivity contribution in [3.63, 3.8) is 0 Å². The van der Waals surface area contributed by atoms with Gasteiger partial charge in [0.05, 0.1) is 0 Å². The summed E-state index contributed by atoms with van der Waals surface area (Å²) in [5, 5.41) is 23.8. The van der Waals surface area contributed by atoms with E-state index in [2.05, 4.69) is 10.2 Å². The third-order valence-electron chi connectivity index (χ3n) is 7.40. The van der Waals surface area contributed by atoms with Crippen molar-refractivity contribution in [1.82, 2.24) is 32.3 Å². The highest BCUT2D eigenvalue weighted by Gasteiger charge is 2.39. The van der Waals surface area contributed by atoms with Gasteiger partial charge < -0.3 is 32.3 Å². The molecule has 0 aliphatic carbocycles. The number of aliphatic carboxylic acids is 2. The zero-order chi connectivity index (χ0) is 32.2. The SMILES string of the molecule is C[C@H](N[P+](=O)Cc1ccccc1)C(=O)N1CCC[C@H]1C(=O)O.C[C@H](N[P+](=O)Cc1ccccc1)C(=O)N1CCC[C@H]1C(=O)O.N.N. The van der Waals surface area contributed by atoms with Crippen LogP contribution in [0.25, 0.3) is 0 Å². The van der Waals surface area contributed by atoms with E-state index < -0.39 is 52.0 Å². The Bertz CT molecular complexity index is 1240. The number of rotatable bonds is 12. The van der Waals surface area contributed by atoms with Crippen molar-refractivity contribution in [2.75, 3.05) is 13.1 Å². The number of carbonyl (C=O) groups excluding carboxylic acids is 2. The van der Waals surface area contributed by atoms with Crippen LogP contribution in [0.2, 0.25) is 0 Å². The maximum absolute atomic E-state index is 12.3. The molecule has 0 bridgehead atoms. The molecule has 6 atom stereocenters. The van der Waals surface area contributed by atoms with Gasteiger partial charge in [-0.3, -0.25) is 9.59 Å². The minimum Gasteiger partial charge on any atom is -0.480 e. The van der Waals surface area contributed by atoms with Gasteiger partial charge in [-0.1, -0.05) is 70.8 Å². The number of nitrogens with one attached hydrogen (secondary N) is 2. The predicted octanol–water partition coefficient (Wildman–Crippen LogP) is 4.29. The molecule has 2 amide bonds. The van der Waals surface area contributed by atoms with Gasteiger partial charge in [0, 0.05) is 24.2 Å². The summed E-state index contributed by atoms with van der Waals surface area (Å²) in [5.74, 6) is -2.57. The average molecular weight is 681 g/mol. The van der Waals surface area contributed by atoms with Gasteiger partial charge in [0.25, 0.3) is 0 Å². The Hall–Kier alpha value is -3.64. The molecular formula is C30H46N6O8P2+2. The van der Waals surface area contributed by atoms with Crippen molar-refractivity contribution in [3.8, 4) is 0 Å². The van der Waals surface area contributed by atoms with Gasteiger partial charge in [-0.05, 0) is 48.7 Å². The molecule has 46 heavy (non-hydrogen) atoms. The van der Waals surface area contributed by atoms with Crippen LogP contribution in [0.1, 0.15) is 50.7 Å². The van der Waals surface area contributed by atoms with Crippen molar-refractivity contribution in [1.29, 1.82) is 0 Å². The first-order valence-electron chi connectivity index (χ1n) is 14.5. The first kappa shape index (κ1) is 40.4. The summed E-state index contributed by atoms with van der Waals surface area (Å²) < 4.78 is 24.2. The maximum Gasteiger partial charge on any atom is 0.437 e. The molecule has 2 aromatic carbocycles. The van der Waals surface area contributed by atoms with Crippen molar-refractivity contribution >= 4 is 39.7 Å². The molecule has 0 spiro atoms. The molecule has 0 saturated carbocycles. The van der Waals surface area contributed by atoms with E-state index in [0.717, 1.165) is 11.1 Å². The van der Waals surface area contributed by atoms with E-state index in [4.69, 9.17) is 10.2 Å². The summed E-state index contributed by atoms with van der Waals surface area (Å²) in [6, 6.07) is 15.9. The molecule has 2 unspecified atom stereocenters. The van der Waals surface area contributed by atoms with E-state index in [1.807, 2.05) is 60.7 Å². The summed E-state index contributed by atoms with van der Waals surface area (Å²) in [5.41, 5.74) is 1.86. The fraction of sp³-hybridized carbons (Fsp3) is 0.467. The van der Waals surface area contributed by atoms with Crippen LogP contribution in [0.3, 0.4) is 0 Å². The smallest absolute Gasteiger partial charge is 0.437 e. The number of amides is 2. The third-order valence-corrected chi connectivity index (χ3v) is 10.1. The summed E-state index contributed by atoms with van der Waals surface area (Å²) in [7, 11) is -3.54. The topological polar surface area (TPSA) is 243 Å². The van der Waals surface area contributed by atoms with Gasteiger partial charge in [0.1, 0.15) is 24.2 Å². The highest BCUT2D eigenvalue weighted by Crippen LogP contribution is 2.26. The second kappa shape index (κ2) is 19.8. The zero-order valence-electron chi connectivity index (χ0n) is 26.3. The normalized spacial score (nSPS) is 18.9. The Morgan fingerprint density at radius 2 is 1.02 bits per heavy atom. The van der Waals surface area contributed by atoms with Crippen LogP contribution >= 0.6 is 15.9 Å². The lowest BCUT2D eigenvalue weighted by atomic mass is 10.2. The molecule has 2 heterocycles. The lowest BCUT2D eigenvalue weighted by Crippen LogP contribution is -2.47. The number of carboxylic acids is 2. The molecule has 0 radical (unpaired) electrons. The fourth-order valence-corrected chi connectivity index (χ4v) is 7.56. The van der Waals surface area contributed by atoms with Crippen LogP contribution in [-0.2, 0) is 40.6 Å². The molecule has 2 aliphatic heterocycles. The molecule has 0 aromatic heterocycles. The monoisotopic (exact) mass is 680 g/mol. The standard InChI is InChI=1S/2C15H19N2O4P.2H3N/c2*1-11(14(18)17-9-5-8-13(17)15(19)20)16-22(21)10-12-6-3-2-4-7-12;;/h2*2-4,6-7,11,13H,5,8-10H2,1H3,(H-,16,19,20,21);2*1H3/p+2/t2*11-,13-;;/m00../s1. The van der Waals surface area contributed by atoms with E-state index in [1.54, 1.807) is 13.8 Å². The Kier molecular flexibility index (Phi) is 17.4. The summed E-state index contributed by atoms with van der Waals surface area (Å²) >= 11 is 0. The van der Waals surface area contributed by atoms with Crippen molar-refractivity contribution in [3.05, 3.63) is 71.8 Å². The highest BCUT2D eigenvalue weighted by atomic mass is 31.1. The molecule has 14 nitrogen and oxygen atoms in total. The summed E-state index contributed by atoms with van der Waals surface area (Å²) in [6.45, 7) is 4.13. The van der Waals surface area contributed by atoms with Gasteiger partial charge in [0.15, 0.2) is 12.3 Å². The number of benzene rings is 2. The number of hydrogen-bond acceptors (Lipinski definition) is 8. The minimum atomic E-state index is -1.77. The van der Waals surface area contributed by atoms with E-state index in [9.17, 15) is 28.3 Å². The van der Waals surface area contributed by atoms with E-state index in [0.29, 0.717) is 51.1 Å². The molecule has 2 aliphatic rings. The van der Waals surface area contributed by atoms with Crippen LogP contribution < -0.4 is 22.5 Å². The zero-order valence-corrected chi connectivity index (χ0v) is 28.1. The predicted molar refractivity (Wildman–Crippen MR) is 175 cm³/mol. The summed E-state index contributed by atoms with van der Waals surface area (Å²) in [4.78, 5) is 49.6. The van der Waals surface area contributed by atoms with Gasteiger partial charge in [-0.25, -0.2) is 9.59 Å². The van der Waals surface area contributed by atoms with E-state index in [-0.39, 0.29) is 24.1 Å². The largest absolute Gasteiger partial charge is 0.480 e. The van der Waals surface area contributed by atoms with Crippen molar-refractivity contribution < 1.29 is 38.5 Å². The lowest BCUT2D eigenvalue weighted by molar-refractivity contribution is -0.148. The second-order valence-electron chi connectivity index (χ2n) is 10.8. The molecule has 10 N–H and O–H groups in total. The van der Waals surface area contributed by atoms with Crippen LogP contribution in [0.4, 0.5) is 0 Å². The number of hydrogen-bond donors (Lipinski definition) is 6. The molecule has 252 valence electrons. The van der Waals surface area contributed by atoms with Crippen molar-refractivity contribution in [2.24, 2.45) is 0 Å². The van der Waals surface area contributed by atoms with Gasteiger partial charge >= 0.3 is 27.8 Å². The van der Waals surface area contributed by atoms with Gasteiger partial charge in [-0.15, -0.1) is 0 Å². The Labute approximate surface area is 271 Å². The van der Waals surface area contributed by atoms with Crippen LogP contribution in [0.15, 0.2) is 60.7 Å². The fourth-order valence-electron chi connectivity index (χ4n) is 5.20. The van der Waals surface area contributed by atoms with Crippen LogP contribution in [0.5, 0.6) is 0 Å². The Morgan fingerprint density at radius 3 is 1.33 bits per heavy atom. The van der Waals surface area contributed by atoms with Gasteiger partial charge in [-0.2, -0.15) is 0 Å². The first-order valence-corrected chi connectivity index (χ1v) is 17.4. The highest BCUT2D eigenvalue weighted by molar-refractivity contribution is 7.41. The van der Waals surface area contributed by atoms with E-state index in [1.165, 1.54) is 9.80 Å². The Balaban J connectivity index is 0.000000441. The molecular weight excluding hydrogens is 634 g/mol. The average Bonchev–Trinajstić information content (AvgIpc) is 3.68. The first-order chi connectivity index (χ1) is 21.0. The number of carboxylic acid groups (broad SMARTS) is 2. The van der Waals surface area contributed by atoms with Crippen LogP contribution in [0, 0.1) is 0 Å². The molecule has 4 rings (SSSR count). The molecule has 2 saturated heterocycles. The maximum atomic E-state index is 12.3. The Morgan fingerprint density at radius 1 is 0.696 bits per heavy atom. The third kappa shape index (κ3) is 11.9. The van der Waals surface area contributed by atoms with Gasteiger partial charge in [0.2, 0.25) is 11.8 Å². The number of carbonyl (C=O) groups is 4. The number of nitrogens with zero attached hydrogens (tertiary/aromatic N) is 2. The summed E-state index contributed by atoms with van der Waals surface area (Å²) in [6.07, 6.45) is 3.01. The van der Waals surface area contributed by atoms with E-state index >= 15 is 0 Å². The second-order valence-corrected chi connectivity index (χ2v) is 13.5. The lowest BCUT2D eigenvalue weighted by Gasteiger charge is -2.23.